The molecule has 1 atom stereocenters. The summed E-state index contributed by atoms with van der Waals surface area (Å²) in [5, 5.41) is 12.8. The summed E-state index contributed by atoms with van der Waals surface area (Å²) in [6, 6.07) is 5.46. The standard InChI is InChI=1S/C16H13BrN2O2S2/c1-8-2-3-9-10(6-8)16(22)23-15(11(9)7-18)19-14(20)12-4-5-13(17)21-12/h4-5,8H,2-3,6H2,1H3,(H,19,20). The molecule has 2 aromatic heterocycles. The molecule has 118 valence electrons. The lowest BCUT2D eigenvalue weighted by Crippen LogP contribution is -2.16. The molecule has 1 amide bonds. The highest BCUT2D eigenvalue weighted by atomic mass is 79.9. The second-order valence-electron chi connectivity index (χ2n) is 5.57. The number of fused-ring (bicyclic) bond motifs is 1. The van der Waals surface area contributed by atoms with Gasteiger partial charge in [0, 0.05) is 0 Å². The lowest BCUT2D eigenvalue weighted by atomic mass is 9.85. The average molecular weight is 409 g/mol. The number of hydrogen-bond donors (Lipinski definition) is 1. The predicted octanol–water partition coefficient (Wildman–Crippen LogP) is 5.08. The number of halogens is 1. The van der Waals surface area contributed by atoms with Gasteiger partial charge in [0.2, 0.25) is 0 Å². The molecule has 1 aliphatic carbocycles. The Labute approximate surface area is 151 Å². The molecule has 4 nitrogen and oxygen atoms in total. The third kappa shape index (κ3) is 3.25. The number of nitriles is 1. The van der Waals surface area contributed by atoms with Crippen LogP contribution < -0.4 is 5.32 Å². The minimum Gasteiger partial charge on any atom is -0.444 e. The molecule has 0 aromatic carbocycles. The van der Waals surface area contributed by atoms with E-state index in [0.717, 1.165) is 34.2 Å². The van der Waals surface area contributed by atoms with Crippen LogP contribution in [0.5, 0.6) is 0 Å². The molecular weight excluding hydrogens is 396 g/mol. The predicted molar refractivity (Wildman–Crippen MR) is 95.4 cm³/mol. The van der Waals surface area contributed by atoms with Crippen molar-refractivity contribution >= 4 is 50.4 Å². The lowest BCUT2D eigenvalue weighted by molar-refractivity contribution is 0.0996. The van der Waals surface area contributed by atoms with Gasteiger partial charge in [-0.3, -0.25) is 4.79 Å². The molecule has 2 heterocycles. The van der Waals surface area contributed by atoms with Gasteiger partial charge in [-0.15, -0.1) is 11.3 Å². The highest BCUT2D eigenvalue weighted by Crippen LogP contribution is 2.36. The topological polar surface area (TPSA) is 66.0 Å². The number of amides is 1. The zero-order valence-corrected chi connectivity index (χ0v) is 15.5. The van der Waals surface area contributed by atoms with Gasteiger partial charge in [0.25, 0.3) is 5.91 Å². The summed E-state index contributed by atoms with van der Waals surface area (Å²) in [6.45, 7) is 2.19. The molecule has 0 aliphatic heterocycles. The Morgan fingerprint density at radius 1 is 1.52 bits per heavy atom. The maximum absolute atomic E-state index is 12.3. The number of anilines is 1. The first-order valence-electron chi connectivity index (χ1n) is 7.15. The lowest BCUT2D eigenvalue weighted by Gasteiger charge is -2.23. The van der Waals surface area contributed by atoms with E-state index in [0.29, 0.717) is 21.2 Å². The van der Waals surface area contributed by atoms with E-state index >= 15 is 0 Å². The van der Waals surface area contributed by atoms with Gasteiger partial charge in [-0.2, -0.15) is 5.26 Å². The van der Waals surface area contributed by atoms with Crippen LogP contribution in [-0.4, -0.2) is 5.91 Å². The number of carbonyl (C=O) groups is 1. The van der Waals surface area contributed by atoms with E-state index in [1.54, 1.807) is 12.1 Å². The first kappa shape index (κ1) is 16.4. The zero-order chi connectivity index (χ0) is 16.6. The average Bonchev–Trinajstić information content (AvgIpc) is 2.95. The van der Waals surface area contributed by atoms with Crippen molar-refractivity contribution in [1.82, 2.24) is 0 Å². The van der Waals surface area contributed by atoms with E-state index in [4.69, 9.17) is 16.6 Å². The Hall–Kier alpha value is -1.49. The third-order valence-corrected chi connectivity index (χ3v) is 5.77. The van der Waals surface area contributed by atoms with E-state index in [9.17, 15) is 10.1 Å². The van der Waals surface area contributed by atoms with Crippen LogP contribution >= 0.6 is 39.5 Å². The normalized spacial score (nSPS) is 16.5. The first-order chi connectivity index (χ1) is 11.0. The van der Waals surface area contributed by atoms with Crippen molar-refractivity contribution < 1.29 is 9.21 Å². The van der Waals surface area contributed by atoms with Crippen LogP contribution in [0.2, 0.25) is 0 Å². The molecule has 0 radical (unpaired) electrons. The van der Waals surface area contributed by atoms with Crippen molar-refractivity contribution in [3.8, 4) is 6.07 Å². The summed E-state index contributed by atoms with van der Waals surface area (Å²) in [4.78, 5) is 12.3. The van der Waals surface area contributed by atoms with Crippen LogP contribution in [0.15, 0.2) is 21.2 Å². The Balaban J connectivity index is 2.00. The third-order valence-electron chi connectivity index (χ3n) is 3.91. The minimum absolute atomic E-state index is 0.185. The number of nitrogens with zero attached hydrogens (tertiary/aromatic N) is 1. The fourth-order valence-electron chi connectivity index (χ4n) is 2.75. The molecule has 0 saturated heterocycles. The molecular formula is C16H13BrN2O2S2. The second-order valence-corrected chi connectivity index (χ2v) is 8.04. The second kappa shape index (κ2) is 6.56. The molecule has 0 spiro atoms. The number of furan rings is 1. The number of carbonyl (C=O) groups excluding carboxylic acids is 1. The highest BCUT2D eigenvalue weighted by molar-refractivity contribution is 9.10. The van der Waals surface area contributed by atoms with Gasteiger partial charge in [-0.1, -0.05) is 19.1 Å². The Morgan fingerprint density at radius 2 is 2.30 bits per heavy atom. The largest absolute Gasteiger partial charge is 0.444 e. The molecule has 1 aliphatic rings. The molecule has 1 unspecified atom stereocenters. The summed E-state index contributed by atoms with van der Waals surface area (Å²) in [5.74, 6) is 0.371. The van der Waals surface area contributed by atoms with Crippen LogP contribution in [0.25, 0.3) is 0 Å². The van der Waals surface area contributed by atoms with Gasteiger partial charge in [0.1, 0.15) is 11.1 Å². The van der Waals surface area contributed by atoms with Crippen molar-refractivity contribution in [2.45, 2.75) is 26.2 Å². The van der Waals surface area contributed by atoms with Gasteiger partial charge >= 0.3 is 0 Å². The molecule has 0 saturated carbocycles. The van der Waals surface area contributed by atoms with Gasteiger partial charge in [0.05, 0.1) is 9.39 Å². The molecule has 7 heteroatoms. The molecule has 23 heavy (non-hydrogen) atoms. The Morgan fingerprint density at radius 3 is 2.96 bits per heavy atom. The van der Waals surface area contributed by atoms with E-state index in [1.807, 2.05) is 0 Å². The number of hydrogen-bond acceptors (Lipinski definition) is 5. The SMILES string of the molecule is CC1CCc2c(C#N)c(NC(=O)c3ccc(Br)o3)sc(=S)c2C1. The van der Waals surface area contributed by atoms with E-state index < -0.39 is 0 Å². The molecule has 3 rings (SSSR count). The fourth-order valence-corrected chi connectivity index (χ4v) is 4.44. The summed E-state index contributed by atoms with van der Waals surface area (Å²) >= 11 is 9.94. The van der Waals surface area contributed by atoms with Gasteiger partial charge in [0.15, 0.2) is 10.4 Å². The van der Waals surface area contributed by atoms with Gasteiger partial charge < -0.3 is 9.73 Å². The van der Waals surface area contributed by atoms with Gasteiger partial charge in [-0.05, 0) is 64.4 Å². The number of rotatable bonds is 2. The molecule has 1 N–H and O–H groups in total. The van der Waals surface area contributed by atoms with Crippen molar-refractivity contribution in [2.24, 2.45) is 5.92 Å². The smallest absolute Gasteiger partial charge is 0.292 e. The van der Waals surface area contributed by atoms with Gasteiger partial charge in [-0.25, -0.2) is 0 Å². The van der Waals surface area contributed by atoms with E-state index in [-0.39, 0.29) is 11.7 Å². The van der Waals surface area contributed by atoms with Crippen LogP contribution in [-0.2, 0) is 12.8 Å². The molecule has 0 fully saturated rings. The van der Waals surface area contributed by atoms with Crippen molar-refractivity contribution in [3.05, 3.63) is 43.1 Å². The Kier molecular flexibility index (Phi) is 4.67. The summed E-state index contributed by atoms with van der Waals surface area (Å²) in [6.07, 6.45) is 2.76. The zero-order valence-electron chi connectivity index (χ0n) is 12.3. The summed E-state index contributed by atoms with van der Waals surface area (Å²) in [5.41, 5.74) is 2.62. The first-order valence-corrected chi connectivity index (χ1v) is 9.17. The molecule has 0 bridgehead atoms. The van der Waals surface area contributed by atoms with Crippen LogP contribution in [0.4, 0.5) is 5.00 Å². The fraction of sp³-hybridized carbons (Fsp3) is 0.312. The maximum atomic E-state index is 12.3. The van der Waals surface area contributed by atoms with Crippen LogP contribution in [0.3, 0.4) is 0 Å². The minimum atomic E-state index is -0.387. The van der Waals surface area contributed by atoms with E-state index in [1.165, 1.54) is 11.3 Å². The van der Waals surface area contributed by atoms with Crippen molar-refractivity contribution in [2.75, 3.05) is 5.32 Å². The van der Waals surface area contributed by atoms with Crippen molar-refractivity contribution in [3.63, 3.8) is 0 Å². The monoisotopic (exact) mass is 408 g/mol. The summed E-state index contributed by atoms with van der Waals surface area (Å²) < 4.78 is 6.48. The maximum Gasteiger partial charge on any atom is 0.292 e. The number of nitrogens with one attached hydrogen (secondary N) is 1. The quantitative estimate of drug-likeness (QED) is 0.703. The Bertz CT molecular complexity index is 879. The molecule has 2 aromatic rings. The van der Waals surface area contributed by atoms with Crippen molar-refractivity contribution in [1.29, 1.82) is 5.26 Å². The van der Waals surface area contributed by atoms with E-state index in [2.05, 4.69) is 34.2 Å². The van der Waals surface area contributed by atoms with Crippen LogP contribution in [0.1, 0.15) is 40.6 Å². The summed E-state index contributed by atoms with van der Waals surface area (Å²) in [7, 11) is 0. The highest BCUT2D eigenvalue weighted by Gasteiger charge is 2.24. The van der Waals surface area contributed by atoms with Crippen LogP contribution in [0, 0.1) is 21.1 Å².